The number of allylic oxidation sites excluding steroid dienone is 2. The fraction of sp³-hybridized carbons (Fsp3) is 0.391. The zero-order valence-electron chi connectivity index (χ0n) is 17.0. The number of ether oxygens (including phenoxy) is 1. The van der Waals surface area contributed by atoms with E-state index in [0.29, 0.717) is 25.9 Å². The molecule has 1 saturated heterocycles. The molecule has 3 aliphatic rings. The SMILES string of the molecule is COC1=C2CN(CCC(C)(C)O)C2=C(O)C2NC=C(Cc3ccc(F)cc3)C=C12. The van der Waals surface area contributed by atoms with Gasteiger partial charge in [-0.05, 0) is 56.0 Å². The highest BCUT2D eigenvalue weighted by Gasteiger charge is 2.43. The van der Waals surface area contributed by atoms with Gasteiger partial charge in [-0.3, -0.25) is 0 Å². The molecule has 4 rings (SSSR count). The van der Waals surface area contributed by atoms with Gasteiger partial charge in [0.1, 0.15) is 23.4 Å². The molecule has 0 bridgehead atoms. The van der Waals surface area contributed by atoms with Crippen LogP contribution in [0.3, 0.4) is 0 Å². The Balaban J connectivity index is 1.57. The Morgan fingerprint density at radius 1 is 1.28 bits per heavy atom. The second-order valence-electron chi connectivity index (χ2n) is 8.45. The molecule has 2 heterocycles. The van der Waals surface area contributed by atoms with Crippen molar-refractivity contribution in [2.24, 2.45) is 0 Å². The molecule has 1 fully saturated rings. The van der Waals surface area contributed by atoms with Gasteiger partial charge in [-0.25, -0.2) is 4.39 Å². The molecule has 1 atom stereocenters. The number of benzene rings is 1. The van der Waals surface area contributed by atoms with Crippen LogP contribution < -0.4 is 5.32 Å². The molecule has 0 amide bonds. The number of nitrogens with one attached hydrogen (secondary N) is 1. The maximum Gasteiger partial charge on any atom is 0.143 e. The molecule has 6 heteroatoms. The van der Waals surface area contributed by atoms with Crippen LogP contribution in [0.25, 0.3) is 0 Å². The molecular formula is C23H27FN2O3. The van der Waals surface area contributed by atoms with Crippen molar-refractivity contribution in [1.29, 1.82) is 0 Å². The van der Waals surface area contributed by atoms with Crippen LogP contribution in [-0.4, -0.2) is 47.0 Å². The third-order valence-electron chi connectivity index (χ3n) is 5.61. The number of halogens is 1. The Hall–Kier alpha value is -2.73. The van der Waals surface area contributed by atoms with Crippen LogP contribution in [0.1, 0.15) is 25.8 Å². The van der Waals surface area contributed by atoms with Crippen molar-refractivity contribution in [2.45, 2.75) is 38.3 Å². The summed E-state index contributed by atoms with van der Waals surface area (Å²) in [6.07, 6.45) is 5.21. The van der Waals surface area contributed by atoms with Crippen LogP contribution in [0.2, 0.25) is 0 Å². The maximum atomic E-state index is 13.2. The van der Waals surface area contributed by atoms with Gasteiger partial charge in [-0.15, -0.1) is 0 Å². The van der Waals surface area contributed by atoms with E-state index in [9.17, 15) is 14.6 Å². The van der Waals surface area contributed by atoms with Gasteiger partial charge in [0.2, 0.25) is 0 Å². The predicted molar refractivity (Wildman–Crippen MR) is 109 cm³/mol. The maximum absolute atomic E-state index is 13.2. The quantitative estimate of drug-likeness (QED) is 0.686. The van der Waals surface area contributed by atoms with Crippen molar-refractivity contribution in [3.05, 3.63) is 81.9 Å². The number of nitrogens with zero attached hydrogens (tertiary/aromatic N) is 1. The Morgan fingerprint density at radius 2 is 2.00 bits per heavy atom. The number of hydrogen-bond donors (Lipinski definition) is 3. The topological polar surface area (TPSA) is 65.0 Å². The zero-order valence-corrected chi connectivity index (χ0v) is 17.0. The van der Waals surface area contributed by atoms with Crippen LogP contribution in [0.4, 0.5) is 4.39 Å². The van der Waals surface area contributed by atoms with Crippen LogP contribution in [-0.2, 0) is 11.2 Å². The number of dihydropyridines is 1. The molecule has 0 spiro atoms. The number of likely N-dealkylation sites (tertiary alicyclic amines) is 1. The lowest BCUT2D eigenvalue weighted by molar-refractivity contribution is 0.0582. The highest BCUT2D eigenvalue weighted by Crippen LogP contribution is 2.43. The molecule has 154 valence electrons. The van der Waals surface area contributed by atoms with E-state index in [1.54, 1.807) is 33.1 Å². The van der Waals surface area contributed by atoms with E-state index in [-0.39, 0.29) is 17.6 Å². The number of hydrogen-bond acceptors (Lipinski definition) is 5. The number of rotatable bonds is 6. The van der Waals surface area contributed by atoms with Crippen molar-refractivity contribution < 1.29 is 19.3 Å². The normalized spacial score (nSPS) is 21.0. The standard InChI is InChI=1S/C23H27FN2O3/c1-23(2,28)8-9-26-13-18-20(26)21(27)19-17(22(18)29-3)11-15(12-25-19)10-14-4-6-16(24)7-5-14/h4-7,11-12,19,25,27-28H,8-10,13H2,1-3H3. The first-order chi connectivity index (χ1) is 13.8. The highest BCUT2D eigenvalue weighted by molar-refractivity contribution is 5.60. The molecule has 3 N–H and O–H groups in total. The third-order valence-corrected chi connectivity index (χ3v) is 5.61. The Labute approximate surface area is 170 Å². The fourth-order valence-corrected chi connectivity index (χ4v) is 4.06. The van der Waals surface area contributed by atoms with E-state index in [1.165, 1.54) is 12.1 Å². The van der Waals surface area contributed by atoms with Gasteiger partial charge in [0.25, 0.3) is 0 Å². The molecule has 1 aliphatic carbocycles. The fourth-order valence-electron chi connectivity index (χ4n) is 4.06. The van der Waals surface area contributed by atoms with Gasteiger partial charge in [-0.1, -0.05) is 12.1 Å². The van der Waals surface area contributed by atoms with Crippen molar-refractivity contribution in [1.82, 2.24) is 10.2 Å². The molecule has 0 saturated carbocycles. The van der Waals surface area contributed by atoms with Gasteiger partial charge in [-0.2, -0.15) is 0 Å². The molecule has 0 aromatic heterocycles. The minimum atomic E-state index is -0.749. The summed E-state index contributed by atoms with van der Waals surface area (Å²) in [6, 6.07) is 6.12. The zero-order chi connectivity index (χ0) is 20.8. The predicted octanol–water partition coefficient (Wildman–Crippen LogP) is 3.31. The molecule has 1 unspecified atom stereocenters. The first-order valence-corrected chi connectivity index (χ1v) is 9.86. The lowest BCUT2D eigenvalue weighted by Crippen LogP contribution is -2.48. The summed E-state index contributed by atoms with van der Waals surface area (Å²) in [6.45, 7) is 4.92. The lowest BCUT2D eigenvalue weighted by atomic mass is 9.82. The molecule has 1 aromatic carbocycles. The van der Waals surface area contributed by atoms with E-state index in [1.807, 2.05) is 12.3 Å². The van der Waals surface area contributed by atoms with Crippen LogP contribution in [0.15, 0.2) is 70.5 Å². The summed E-state index contributed by atoms with van der Waals surface area (Å²) in [4.78, 5) is 2.08. The number of methoxy groups -OCH3 is 1. The van der Waals surface area contributed by atoms with Crippen LogP contribution >= 0.6 is 0 Å². The Kier molecular flexibility index (Phi) is 4.90. The molecule has 1 aromatic rings. The summed E-state index contributed by atoms with van der Waals surface area (Å²) < 4.78 is 18.9. The van der Waals surface area contributed by atoms with Gasteiger partial charge >= 0.3 is 0 Å². The number of aliphatic hydroxyl groups excluding tert-OH is 1. The van der Waals surface area contributed by atoms with Gasteiger partial charge in [0, 0.05) is 30.4 Å². The molecule has 0 radical (unpaired) electrons. The number of aliphatic hydroxyl groups is 2. The third kappa shape index (κ3) is 3.77. The van der Waals surface area contributed by atoms with Crippen LogP contribution in [0.5, 0.6) is 0 Å². The summed E-state index contributed by atoms with van der Waals surface area (Å²) in [5.41, 5.74) is 4.00. The van der Waals surface area contributed by atoms with Crippen molar-refractivity contribution >= 4 is 0 Å². The average molecular weight is 398 g/mol. The minimum Gasteiger partial charge on any atom is -0.508 e. The lowest BCUT2D eigenvalue weighted by Gasteiger charge is -2.46. The molecular weight excluding hydrogens is 371 g/mol. The van der Waals surface area contributed by atoms with E-state index in [2.05, 4.69) is 10.2 Å². The first kappa shape index (κ1) is 19.6. The number of fused-ring (bicyclic) bond motifs is 2. The Morgan fingerprint density at radius 3 is 2.66 bits per heavy atom. The highest BCUT2D eigenvalue weighted by atomic mass is 19.1. The summed E-state index contributed by atoms with van der Waals surface area (Å²) in [5.74, 6) is 0.828. The smallest absolute Gasteiger partial charge is 0.143 e. The van der Waals surface area contributed by atoms with Crippen molar-refractivity contribution in [3.8, 4) is 0 Å². The van der Waals surface area contributed by atoms with Crippen LogP contribution in [0, 0.1) is 5.82 Å². The minimum absolute atomic E-state index is 0.247. The second kappa shape index (κ2) is 7.26. The van der Waals surface area contributed by atoms with E-state index in [4.69, 9.17) is 4.74 Å². The van der Waals surface area contributed by atoms with E-state index in [0.717, 1.165) is 33.7 Å². The van der Waals surface area contributed by atoms with E-state index < -0.39 is 5.60 Å². The second-order valence-corrected chi connectivity index (χ2v) is 8.45. The van der Waals surface area contributed by atoms with Crippen molar-refractivity contribution in [2.75, 3.05) is 20.2 Å². The van der Waals surface area contributed by atoms with E-state index >= 15 is 0 Å². The summed E-state index contributed by atoms with van der Waals surface area (Å²) in [5, 5.41) is 24.2. The van der Waals surface area contributed by atoms with Gasteiger partial charge < -0.3 is 25.2 Å². The molecule has 29 heavy (non-hydrogen) atoms. The van der Waals surface area contributed by atoms with Gasteiger partial charge in [0.15, 0.2) is 0 Å². The van der Waals surface area contributed by atoms with Gasteiger partial charge in [0.05, 0.1) is 18.4 Å². The molecule has 2 aliphatic heterocycles. The summed E-state index contributed by atoms with van der Waals surface area (Å²) >= 11 is 0. The largest absolute Gasteiger partial charge is 0.508 e. The molecule has 5 nitrogen and oxygen atoms in total. The average Bonchev–Trinajstić information content (AvgIpc) is 2.64. The first-order valence-electron chi connectivity index (χ1n) is 9.86. The summed E-state index contributed by atoms with van der Waals surface area (Å²) in [7, 11) is 1.65. The Bertz CT molecular complexity index is 936. The van der Waals surface area contributed by atoms with Crippen molar-refractivity contribution in [3.63, 3.8) is 0 Å². The monoisotopic (exact) mass is 398 g/mol.